The van der Waals surface area contributed by atoms with E-state index in [1.807, 2.05) is 0 Å². The maximum absolute atomic E-state index is 11.4. The highest BCUT2D eigenvalue weighted by atomic mass is 16.4. The summed E-state index contributed by atoms with van der Waals surface area (Å²) in [4.78, 5) is 11.4. The lowest BCUT2D eigenvalue weighted by Gasteiger charge is -2.12. The number of carboxylic acid groups (broad SMARTS) is 1. The third-order valence-electron chi connectivity index (χ3n) is 4.11. The normalized spacial score (nSPS) is 12.3. The summed E-state index contributed by atoms with van der Waals surface area (Å²) < 4.78 is 0. The summed E-state index contributed by atoms with van der Waals surface area (Å²) in [5.41, 5.74) is 2.36. The molecule has 1 aromatic rings. The topological polar surface area (TPSA) is 37.3 Å². The van der Waals surface area contributed by atoms with Gasteiger partial charge in [0.15, 0.2) is 0 Å². The van der Waals surface area contributed by atoms with E-state index in [0.717, 1.165) is 18.4 Å². The summed E-state index contributed by atoms with van der Waals surface area (Å²) >= 11 is 0. The van der Waals surface area contributed by atoms with Crippen molar-refractivity contribution < 1.29 is 9.90 Å². The second-order valence-electron chi connectivity index (χ2n) is 6.13. The molecule has 1 rings (SSSR count). The molecule has 2 nitrogen and oxygen atoms in total. The fourth-order valence-electron chi connectivity index (χ4n) is 2.67. The van der Waals surface area contributed by atoms with Crippen LogP contribution in [0, 0.1) is 12.8 Å². The molecule has 1 aromatic carbocycles. The van der Waals surface area contributed by atoms with Crippen molar-refractivity contribution >= 4 is 5.97 Å². The summed E-state index contributed by atoms with van der Waals surface area (Å²) in [6, 6.07) is 8.22. The molecule has 1 atom stereocenters. The number of hydrogen-bond donors (Lipinski definition) is 1. The number of carboxylic acids is 1. The summed E-state index contributed by atoms with van der Waals surface area (Å²) in [6.07, 6.45) is 10.1. The zero-order chi connectivity index (χ0) is 15.5. The van der Waals surface area contributed by atoms with E-state index in [0.29, 0.717) is 6.42 Å². The predicted molar refractivity (Wildman–Crippen MR) is 88.6 cm³/mol. The summed E-state index contributed by atoms with van der Waals surface area (Å²) in [5.74, 6) is -0.884. The van der Waals surface area contributed by atoms with E-state index in [1.165, 1.54) is 44.1 Å². The summed E-state index contributed by atoms with van der Waals surface area (Å²) in [5, 5.41) is 9.36. The van der Waals surface area contributed by atoms with E-state index in [4.69, 9.17) is 0 Å². The standard InChI is InChI=1S/C19H30O2/c1-3-4-5-6-7-8-9-10-18(19(20)21)15-17-13-11-16(2)12-14-17/h11-14,18H,3-10,15H2,1-2H3,(H,20,21). The Hall–Kier alpha value is -1.31. The van der Waals surface area contributed by atoms with Crippen LogP contribution in [-0.2, 0) is 11.2 Å². The van der Waals surface area contributed by atoms with Gasteiger partial charge in [-0.15, -0.1) is 0 Å². The number of benzene rings is 1. The van der Waals surface area contributed by atoms with Gasteiger partial charge >= 0.3 is 5.97 Å². The van der Waals surface area contributed by atoms with Gasteiger partial charge in [0.2, 0.25) is 0 Å². The van der Waals surface area contributed by atoms with Crippen molar-refractivity contribution in [2.45, 2.75) is 71.6 Å². The Labute approximate surface area is 129 Å². The van der Waals surface area contributed by atoms with Crippen LogP contribution < -0.4 is 0 Å². The Kier molecular flexibility index (Phi) is 8.80. The van der Waals surface area contributed by atoms with Crippen molar-refractivity contribution in [1.29, 1.82) is 0 Å². The first-order valence-electron chi connectivity index (χ1n) is 8.41. The predicted octanol–water partition coefficient (Wildman–Crippen LogP) is 5.38. The van der Waals surface area contributed by atoms with Crippen molar-refractivity contribution in [2.75, 3.05) is 0 Å². The minimum atomic E-state index is -0.651. The fourth-order valence-corrected chi connectivity index (χ4v) is 2.67. The number of carbonyl (C=O) groups is 1. The Morgan fingerprint density at radius 1 is 1.00 bits per heavy atom. The zero-order valence-electron chi connectivity index (χ0n) is 13.6. The van der Waals surface area contributed by atoms with Crippen molar-refractivity contribution in [3.63, 3.8) is 0 Å². The number of hydrogen-bond acceptors (Lipinski definition) is 1. The first kappa shape index (κ1) is 17.7. The lowest BCUT2D eigenvalue weighted by Crippen LogP contribution is -2.16. The molecule has 0 aliphatic carbocycles. The third-order valence-corrected chi connectivity index (χ3v) is 4.11. The minimum Gasteiger partial charge on any atom is -0.481 e. The molecule has 21 heavy (non-hydrogen) atoms. The van der Waals surface area contributed by atoms with Crippen LogP contribution in [0.15, 0.2) is 24.3 Å². The molecule has 1 unspecified atom stereocenters. The second kappa shape index (κ2) is 10.4. The summed E-state index contributed by atoms with van der Waals surface area (Å²) in [7, 11) is 0. The van der Waals surface area contributed by atoms with Gasteiger partial charge in [-0.25, -0.2) is 0 Å². The van der Waals surface area contributed by atoms with E-state index < -0.39 is 5.97 Å². The quantitative estimate of drug-likeness (QED) is 0.556. The van der Waals surface area contributed by atoms with Gasteiger partial charge in [-0.05, 0) is 25.3 Å². The van der Waals surface area contributed by atoms with Gasteiger partial charge in [-0.3, -0.25) is 4.79 Å². The Morgan fingerprint density at radius 2 is 1.57 bits per heavy atom. The molecule has 0 fully saturated rings. The van der Waals surface area contributed by atoms with Crippen LogP contribution in [0.3, 0.4) is 0 Å². The Morgan fingerprint density at radius 3 is 2.14 bits per heavy atom. The van der Waals surface area contributed by atoms with Crippen LogP contribution in [0.4, 0.5) is 0 Å². The van der Waals surface area contributed by atoms with E-state index >= 15 is 0 Å². The van der Waals surface area contributed by atoms with Gasteiger partial charge in [0.05, 0.1) is 5.92 Å². The average molecular weight is 290 g/mol. The largest absolute Gasteiger partial charge is 0.481 e. The third kappa shape index (κ3) is 7.89. The molecule has 0 aliphatic rings. The van der Waals surface area contributed by atoms with Crippen molar-refractivity contribution in [3.8, 4) is 0 Å². The van der Waals surface area contributed by atoms with Crippen LogP contribution in [0.25, 0.3) is 0 Å². The molecule has 0 spiro atoms. The van der Waals surface area contributed by atoms with Crippen LogP contribution in [0.2, 0.25) is 0 Å². The Balaban J connectivity index is 2.27. The zero-order valence-corrected chi connectivity index (χ0v) is 13.6. The lowest BCUT2D eigenvalue weighted by atomic mass is 9.93. The number of aliphatic carboxylic acids is 1. The first-order chi connectivity index (χ1) is 10.1. The van der Waals surface area contributed by atoms with E-state index in [9.17, 15) is 9.90 Å². The van der Waals surface area contributed by atoms with Gasteiger partial charge < -0.3 is 5.11 Å². The first-order valence-corrected chi connectivity index (χ1v) is 8.41. The number of aryl methyl sites for hydroxylation is 1. The van der Waals surface area contributed by atoms with Crippen molar-refractivity contribution in [1.82, 2.24) is 0 Å². The van der Waals surface area contributed by atoms with E-state index in [2.05, 4.69) is 38.1 Å². The van der Waals surface area contributed by atoms with Gasteiger partial charge in [-0.2, -0.15) is 0 Å². The van der Waals surface area contributed by atoms with Gasteiger partial charge in [0.25, 0.3) is 0 Å². The molecule has 2 heteroatoms. The van der Waals surface area contributed by atoms with Crippen molar-refractivity contribution in [2.24, 2.45) is 5.92 Å². The maximum atomic E-state index is 11.4. The van der Waals surface area contributed by atoms with Crippen molar-refractivity contribution in [3.05, 3.63) is 35.4 Å². The highest BCUT2D eigenvalue weighted by Crippen LogP contribution is 2.18. The van der Waals surface area contributed by atoms with E-state index in [-0.39, 0.29) is 5.92 Å². The minimum absolute atomic E-state index is 0.233. The molecular formula is C19H30O2. The molecule has 0 saturated carbocycles. The maximum Gasteiger partial charge on any atom is 0.306 e. The molecule has 0 bridgehead atoms. The molecule has 1 N–H and O–H groups in total. The molecule has 0 heterocycles. The van der Waals surface area contributed by atoms with E-state index in [1.54, 1.807) is 0 Å². The van der Waals surface area contributed by atoms with Gasteiger partial charge in [-0.1, -0.05) is 81.7 Å². The SMILES string of the molecule is CCCCCCCCCC(Cc1ccc(C)cc1)C(=O)O. The highest BCUT2D eigenvalue weighted by Gasteiger charge is 2.17. The van der Waals surface area contributed by atoms with Crippen LogP contribution in [-0.4, -0.2) is 11.1 Å². The molecule has 0 aromatic heterocycles. The second-order valence-corrected chi connectivity index (χ2v) is 6.13. The molecule has 0 aliphatic heterocycles. The van der Waals surface area contributed by atoms with Crippen LogP contribution >= 0.6 is 0 Å². The molecule has 118 valence electrons. The lowest BCUT2D eigenvalue weighted by molar-refractivity contribution is -0.142. The monoisotopic (exact) mass is 290 g/mol. The average Bonchev–Trinajstić information content (AvgIpc) is 2.47. The van der Waals surface area contributed by atoms with Gasteiger partial charge in [0.1, 0.15) is 0 Å². The highest BCUT2D eigenvalue weighted by molar-refractivity contribution is 5.70. The number of rotatable bonds is 11. The van der Waals surface area contributed by atoms with Crippen LogP contribution in [0.1, 0.15) is 69.4 Å². The molecular weight excluding hydrogens is 260 g/mol. The number of unbranched alkanes of at least 4 members (excludes halogenated alkanes) is 6. The Bertz CT molecular complexity index is 395. The summed E-state index contributed by atoms with van der Waals surface area (Å²) in [6.45, 7) is 4.28. The molecule has 0 saturated heterocycles. The smallest absolute Gasteiger partial charge is 0.306 e. The fraction of sp³-hybridized carbons (Fsp3) is 0.632. The molecule has 0 radical (unpaired) electrons. The molecule has 0 amide bonds. The van der Waals surface area contributed by atoms with Gasteiger partial charge in [0, 0.05) is 0 Å². The van der Waals surface area contributed by atoms with Crippen LogP contribution in [0.5, 0.6) is 0 Å².